The fourth-order valence-electron chi connectivity index (χ4n) is 2.58. The normalized spacial score (nSPS) is 19.7. The summed E-state index contributed by atoms with van der Waals surface area (Å²) in [5.41, 5.74) is 0. The average Bonchev–Trinajstić information content (AvgIpc) is 2.55. The molecule has 0 aromatic heterocycles. The van der Waals surface area contributed by atoms with E-state index in [1.165, 1.54) is 4.90 Å². The quantitative estimate of drug-likeness (QED) is 0.700. The highest BCUT2D eigenvalue weighted by Gasteiger charge is 2.28. The number of rotatable bonds is 2. The molecule has 8 nitrogen and oxygen atoms in total. The van der Waals surface area contributed by atoms with Crippen LogP contribution in [0.3, 0.4) is 0 Å². The minimum Gasteiger partial charge on any atom is -0.450 e. The zero-order chi connectivity index (χ0) is 15.9. The fourth-order valence-corrected chi connectivity index (χ4v) is 2.58. The first-order valence-corrected chi connectivity index (χ1v) is 7.71. The average molecular weight is 313 g/mol. The monoisotopic (exact) mass is 313 g/mol. The Balaban J connectivity index is 1.74. The summed E-state index contributed by atoms with van der Waals surface area (Å²) in [6, 6.07) is -0.0804. The van der Waals surface area contributed by atoms with Gasteiger partial charge in [0.1, 0.15) is 0 Å². The molecule has 0 bridgehead atoms. The van der Waals surface area contributed by atoms with Gasteiger partial charge in [-0.1, -0.05) is 0 Å². The van der Waals surface area contributed by atoms with Crippen LogP contribution in [-0.2, 0) is 19.1 Å². The lowest BCUT2D eigenvalue weighted by Gasteiger charge is -2.32. The molecule has 2 aliphatic heterocycles. The number of hydrogen-bond acceptors (Lipinski definition) is 5. The lowest BCUT2D eigenvalue weighted by molar-refractivity contribution is -0.148. The molecule has 2 aliphatic rings. The number of nitrogens with zero attached hydrogens (tertiary/aromatic N) is 2. The largest absolute Gasteiger partial charge is 0.450 e. The Hall–Kier alpha value is -1.83. The van der Waals surface area contributed by atoms with Gasteiger partial charge in [0.25, 0.3) is 0 Å². The summed E-state index contributed by atoms with van der Waals surface area (Å²) in [6.45, 7) is 5.01. The molecule has 0 spiro atoms. The fraction of sp³-hybridized carbons (Fsp3) is 0.786. The van der Waals surface area contributed by atoms with Crippen LogP contribution in [0, 0.1) is 0 Å². The predicted octanol–water partition coefficient (Wildman–Crippen LogP) is -0.418. The Morgan fingerprint density at radius 2 is 1.73 bits per heavy atom. The number of carbonyl (C=O) groups is 3. The molecule has 0 atom stereocenters. The van der Waals surface area contributed by atoms with Gasteiger partial charge >= 0.3 is 17.9 Å². The van der Waals surface area contributed by atoms with Crippen LogP contribution in [0.5, 0.6) is 0 Å². The Bertz CT molecular complexity index is 415. The predicted molar refractivity (Wildman–Crippen MR) is 77.2 cm³/mol. The van der Waals surface area contributed by atoms with Crippen molar-refractivity contribution in [3.8, 4) is 0 Å². The second kappa shape index (κ2) is 7.98. The number of ether oxygens (including phenoxy) is 2. The summed E-state index contributed by atoms with van der Waals surface area (Å²) in [4.78, 5) is 38.7. The van der Waals surface area contributed by atoms with Crippen LogP contribution < -0.4 is 5.32 Å². The Morgan fingerprint density at radius 3 is 2.32 bits per heavy atom. The molecule has 2 rings (SSSR count). The van der Waals surface area contributed by atoms with Gasteiger partial charge in [-0.25, -0.2) is 4.79 Å². The van der Waals surface area contributed by atoms with Crippen molar-refractivity contribution in [1.82, 2.24) is 15.1 Å². The number of likely N-dealkylation sites (tertiary alicyclic amines) is 1. The molecule has 2 saturated heterocycles. The van der Waals surface area contributed by atoms with Crippen molar-refractivity contribution in [2.75, 3.05) is 46.0 Å². The standard InChI is InChI=1S/C14H23N3O5/c1-2-22-14(20)17-5-3-11(4-6-17)15-12(18)13(19)16-7-9-21-10-8-16/h11H,2-10H2,1H3,(H,15,18). The van der Waals surface area contributed by atoms with Crippen molar-refractivity contribution in [1.29, 1.82) is 0 Å². The maximum atomic E-state index is 12.0. The van der Waals surface area contributed by atoms with Crippen LogP contribution in [0.4, 0.5) is 4.79 Å². The number of hydrogen-bond donors (Lipinski definition) is 1. The van der Waals surface area contributed by atoms with Gasteiger partial charge in [0, 0.05) is 32.2 Å². The van der Waals surface area contributed by atoms with Crippen LogP contribution in [0.25, 0.3) is 0 Å². The highest BCUT2D eigenvalue weighted by molar-refractivity contribution is 6.35. The van der Waals surface area contributed by atoms with E-state index >= 15 is 0 Å². The summed E-state index contributed by atoms with van der Waals surface area (Å²) in [5.74, 6) is -1.08. The molecule has 2 heterocycles. The number of amides is 3. The highest BCUT2D eigenvalue weighted by Crippen LogP contribution is 2.11. The molecule has 0 aromatic carbocycles. The summed E-state index contributed by atoms with van der Waals surface area (Å²) >= 11 is 0. The third-order valence-electron chi connectivity index (χ3n) is 3.85. The molecular formula is C14H23N3O5. The second-order valence-electron chi connectivity index (χ2n) is 5.34. The van der Waals surface area contributed by atoms with E-state index in [-0.39, 0.29) is 12.1 Å². The first-order chi connectivity index (χ1) is 10.6. The topological polar surface area (TPSA) is 88.2 Å². The van der Waals surface area contributed by atoms with Gasteiger partial charge in [-0.15, -0.1) is 0 Å². The molecule has 1 N–H and O–H groups in total. The van der Waals surface area contributed by atoms with Crippen molar-refractivity contribution >= 4 is 17.9 Å². The Labute approximate surface area is 129 Å². The summed E-state index contributed by atoms with van der Waals surface area (Å²) in [7, 11) is 0. The van der Waals surface area contributed by atoms with Crippen molar-refractivity contribution in [2.45, 2.75) is 25.8 Å². The smallest absolute Gasteiger partial charge is 0.409 e. The number of nitrogens with one attached hydrogen (secondary N) is 1. The van der Waals surface area contributed by atoms with Crippen molar-refractivity contribution in [3.05, 3.63) is 0 Å². The molecule has 0 unspecified atom stereocenters. The van der Waals surface area contributed by atoms with E-state index in [0.717, 1.165) is 0 Å². The third kappa shape index (κ3) is 4.33. The van der Waals surface area contributed by atoms with Crippen molar-refractivity contribution < 1.29 is 23.9 Å². The van der Waals surface area contributed by atoms with Gasteiger partial charge in [-0.05, 0) is 19.8 Å². The van der Waals surface area contributed by atoms with E-state index < -0.39 is 11.8 Å². The molecule has 3 amide bonds. The molecule has 0 aliphatic carbocycles. The zero-order valence-corrected chi connectivity index (χ0v) is 12.9. The van der Waals surface area contributed by atoms with Gasteiger partial charge in [-0.2, -0.15) is 0 Å². The van der Waals surface area contributed by atoms with Crippen LogP contribution >= 0.6 is 0 Å². The lowest BCUT2D eigenvalue weighted by Crippen LogP contribution is -2.52. The Kier molecular flexibility index (Phi) is 6.00. The zero-order valence-electron chi connectivity index (χ0n) is 12.9. The number of carbonyl (C=O) groups excluding carboxylic acids is 3. The molecule has 0 aromatic rings. The van der Waals surface area contributed by atoms with Crippen LogP contribution in [0.2, 0.25) is 0 Å². The van der Waals surface area contributed by atoms with E-state index in [4.69, 9.17) is 9.47 Å². The SMILES string of the molecule is CCOC(=O)N1CCC(NC(=O)C(=O)N2CCOCC2)CC1. The second-order valence-corrected chi connectivity index (χ2v) is 5.34. The molecular weight excluding hydrogens is 290 g/mol. The molecule has 124 valence electrons. The Morgan fingerprint density at radius 1 is 1.09 bits per heavy atom. The van der Waals surface area contributed by atoms with E-state index in [1.54, 1.807) is 11.8 Å². The summed E-state index contributed by atoms with van der Waals surface area (Å²) < 4.78 is 10.1. The molecule has 2 fully saturated rings. The van der Waals surface area contributed by atoms with Gasteiger partial charge in [-0.3, -0.25) is 9.59 Å². The molecule has 22 heavy (non-hydrogen) atoms. The van der Waals surface area contributed by atoms with Gasteiger partial charge < -0.3 is 24.6 Å². The molecule has 0 radical (unpaired) electrons. The first kappa shape index (κ1) is 16.5. The third-order valence-corrected chi connectivity index (χ3v) is 3.85. The molecule has 8 heteroatoms. The maximum Gasteiger partial charge on any atom is 0.409 e. The highest BCUT2D eigenvalue weighted by atomic mass is 16.6. The van der Waals surface area contributed by atoms with E-state index in [9.17, 15) is 14.4 Å². The summed E-state index contributed by atoms with van der Waals surface area (Å²) in [5, 5.41) is 2.76. The number of piperidine rings is 1. The van der Waals surface area contributed by atoms with Crippen molar-refractivity contribution in [2.24, 2.45) is 0 Å². The van der Waals surface area contributed by atoms with Gasteiger partial charge in [0.2, 0.25) is 0 Å². The van der Waals surface area contributed by atoms with E-state index in [0.29, 0.717) is 58.8 Å². The van der Waals surface area contributed by atoms with Gasteiger partial charge in [0.15, 0.2) is 0 Å². The summed E-state index contributed by atoms with van der Waals surface area (Å²) in [6.07, 6.45) is 0.929. The van der Waals surface area contributed by atoms with Gasteiger partial charge in [0.05, 0.1) is 19.8 Å². The molecule has 0 saturated carbocycles. The van der Waals surface area contributed by atoms with E-state index in [1.807, 2.05) is 0 Å². The first-order valence-electron chi connectivity index (χ1n) is 7.71. The van der Waals surface area contributed by atoms with Crippen LogP contribution in [0.1, 0.15) is 19.8 Å². The maximum absolute atomic E-state index is 12.0. The van der Waals surface area contributed by atoms with E-state index in [2.05, 4.69) is 5.32 Å². The lowest BCUT2D eigenvalue weighted by atomic mass is 10.1. The van der Waals surface area contributed by atoms with Crippen LogP contribution in [-0.4, -0.2) is 79.7 Å². The van der Waals surface area contributed by atoms with Crippen molar-refractivity contribution in [3.63, 3.8) is 0 Å². The van der Waals surface area contributed by atoms with Crippen LogP contribution in [0.15, 0.2) is 0 Å². The number of morpholine rings is 1. The minimum atomic E-state index is -0.573. The minimum absolute atomic E-state index is 0.0804.